The van der Waals surface area contributed by atoms with Crippen molar-refractivity contribution in [2.24, 2.45) is 0 Å². The van der Waals surface area contributed by atoms with Crippen LogP contribution in [0.3, 0.4) is 0 Å². The molecule has 0 radical (unpaired) electrons. The van der Waals surface area contributed by atoms with E-state index < -0.39 is 5.41 Å². The van der Waals surface area contributed by atoms with E-state index in [0.717, 1.165) is 28.4 Å². The molecule has 0 fully saturated rings. The minimum atomic E-state index is -0.508. The molecule has 0 saturated heterocycles. The van der Waals surface area contributed by atoms with Crippen LogP contribution in [0.1, 0.15) is 22.3 Å². The molecule has 2 nitrogen and oxygen atoms in total. The molecule has 1 spiro atoms. The van der Waals surface area contributed by atoms with Gasteiger partial charge in [0, 0.05) is 42.7 Å². The summed E-state index contributed by atoms with van der Waals surface area (Å²) in [6.07, 6.45) is 0. The molecule has 188 valence electrons. The lowest BCUT2D eigenvalue weighted by molar-refractivity contribution is 0.437. The summed E-state index contributed by atoms with van der Waals surface area (Å²) in [5, 5.41) is 6.47. The maximum atomic E-state index is 6.68. The fraction of sp³-hybridized carbons (Fsp3) is 0.0270. The van der Waals surface area contributed by atoms with E-state index in [1.54, 1.807) is 0 Å². The van der Waals surface area contributed by atoms with Gasteiger partial charge in [-0.2, -0.15) is 0 Å². The van der Waals surface area contributed by atoms with Crippen molar-refractivity contribution < 1.29 is 4.74 Å². The second kappa shape index (κ2) is 8.08. The molecule has 2 aliphatic rings. The third kappa shape index (κ3) is 2.77. The van der Waals surface area contributed by atoms with Crippen molar-refractivity contribution in [2.75, 3.05) is 5.32 Å². The van der Waals surface area contributed by atoms with E-state index in [2.05, 4.69) is 139 Å². The Kier molecular flexibility index (Phi) is 4.44. The lowest BCUT2D eigenvalue weighted by Crippen LogP contribution is -2.33. The van der Waals surface area contributed by atoms with Gasteiger partial charge in [0.05, 0.1) is 5.41 Å². The molecule has 7 aromatic rings. The van der Waals surface area contributed by atoms with Gasteiger partial charge in [-0.1, -0.05) is 97.1 Å². The molecule has 1 N–H and O–H groups in total. The summed E-state index contributed by atoms with van der Waals surface area (Å²) < 4.78 is 9.26. The Morgan fingerprint density at radius 2 is 1.10 bits per heavy atom. The van der Waals surface area contributed by atoms with Gasteiger partial charge in [0.25, 0.3) is 0 Å². The largest absolute Gasteiger partial charge is 0.457 e. The highest BCUT2D eigenvalue weighted by Gasteiger charge is 2.52. The van der Waals surface area contributed by atoms with Crippen molar-refractivity contribution in [3.63, 3.8) is 0 Å². The Balaban J connectivity index is 1.37. The Morgan fingerprint density at radius 1 is 0.500 bits per heavy atom. The van der Waals surface area contributed by atoms with Crippen LogP contribution in [0, 0.1) is 0 Å². The highest BCUT2D eigenvalue weighted by Crippen LogP contribution is 2.63. The standard InChI is InChI=1S/C37H23NOS/c1-4-14-26-23(11-1)24-12-2-5-15-27(24)37(26)28-16-6-7-19-31(28)39-32-20-9-18-30(36(32)37)38-29-17-10-22-34-35(29)25-13-3-8-21-33(25)40-34/h1-22,38H. The van der Waals surface area contributed by atoms with Gasteiger partial charge < -0.3 is 10.1 Å². The lowest BCUT2D eigenvalue weighted by Gasteiger charge is -2.40. The van der Waals surface area contributed by atoms with Crippen LogP contribution in [0.2, 0.25) is 0 Å². The molecule has 0 atom stereocenters. The SMILES string of the molecule is c1ccc2c(c1)Oc1cccc(Nc3cccc4sc5ccccc5c34)c1C21c2ccccc2-c2ccccc21. The molecule has 40 heavy (non-hydrogen) atoms. The van der Waals surface area contributed by atoms with Crippen molar-refractivity contribution in [1.82, 2.24) is 0 Å². The number of anilines is 2. The first-order valence-electron chi connectivity index (χ1n) is 13.6. The molecule has 6 aromatic carbocycles. The maximum absolute atomic E-state index is 6.68. The molecule has 9 rings (SSSR count). The molecule has 1 aliphatic heterocycles. The number of nitrogens with one attached hydrogen (secondary N) is 1. The fourth-order valence-corrected chi connectivity index (χ4v) is 8.18. The summed E-state index contributed by atoms with van der Waals surface area (Å²) >= 11 is 1.84. The van der Waals surface area contributed by atoms with E-state index in [1.165, 1.54) is 48.0 Å². The normalized spacial score (nSPS) is 13.9. The summed E-state index contributed by atoms with van der Waals surface area (Å²) in [4.78, 5) is 0. The highest BCUT2D eigenvalue weighted by molar-refractivity contribution is 7.25. The average molecular weight is 530 g/mol. The van der Waals surface area contributed by atoms with Crippen molar-refractivity contribution in [3.8, 4) is 22.6 Å². The zero-order valence-electron chi connectivity index (χ0n) is 21.5. The summed E-state index contributed by atoms with van der Waals surface area (Å²) in [6, 6.07) is 47.9. The number of ether oxygens (including phenoxy) is 1. The van der Waals surface area contributed by atoms with Gasteiger partial charge in [0.2, 0.25) is 0 Å². The number of rotatable bonds is 2. The quantitative estimate of drug-likeness (QED) is 0.240. The van der Waals surface area contributed by atoms with Crippen LogP contribution in [0.4, 0.5) is 11.4 Å². The zero-order chi connectivity index (χ0) is 26.3. The third-order valence-electron chi connectivity index (χ3n) is 8.54. The van der Waals surface area contributed by atoms with Crippen molar-refractivity contribution in [2.45, 2.75) is 5.41 Å². The van der Waals surface area contributed by atoms with E-state index in [4.69, 9.17) is 4.74 Å². The third-order valence-corrected chi connectivity index (χ3v) is 9.67. The lowest BCUT2D eigenvalue weighted by atomic mass is 9.65. The number of hydrogen-bond acceptors (Lipinski definition) is 3. The Labute approximate surface area is 236 Å². The van der Waals surface area contributed by atoms with E-state index >= 15 is 0 Å². The Hall–Kier alpha value is -4.86. The summed E-state index contributed by atoms with van der Waals surface area (Å²) in [5.41, 5.74) is 9.13. The predicted molar refractivity (Wildman–Crippen MR) is 166 cm³/mol. The fourth-order valence-electron chi connectivity index (χ4n) is 7.04. The summed E-state index contributed by atoms with van der Waals surface area (Å²) in [5.74, 6) is 1.79. The molecule has 0 saturated carbocycles. The van der Waals surface area contributed by atoms with Gasteiger partial charge in [-0.05, 0) is 58.7 Å². The maximum Gasteiger partial charge on any atom is 0.134 e. The molecule has 2 heterocycles. The molecule has 0 unspecified atom stereocenters. The van der Waals surface area contributed by atoms with E-state index in [9.17, 15) is 0 Å². The van der Waals surface area contributed by atoms with Crippen LogP contribution >= 0.6 is 11.3 Å². The highest BCUT2D eigenvalue weighted by atomic mass is 32.1. The first kappa shape index (κ1) is 22.0. The van der Waals surface area contributed by atoms with Gasteiger partial charge in [0.15, 0.2) is 0 Å². The molecular formula is C37H23NOS. The summed E-state index contributed by atoms with van der Waals surface area (Å²) in [6.45, 7) is 0. The Bertz CT molecular complexity index is 2090. The van der Waals surface area contributed by atoms with E-state index in [-0.39, 0.29) is 0 Å². The smallest absolute Gasteiger partial charge is 0.134 e. The van der Waals surface area contributed by atoms with E-state index in [1.807, 2.05) is 11.3 Å². The van der Waals surface area contributed by atoms with Gasteiger partial charge in [-0.25, -0.2) is 0 Å². The van der Waals surface area contributed by atoms with Gasteiger partial charge in [-0.15, -0.1) is 11.3 Å². The number of fused-ring (bicyclic) bond motifs is 12. The molecule has 1 aromatic heterocycles. The van der Waals surface area contributed by atoms with Crippen LogP contribution < -0.4 is 10.1 Å². The van der Waals surface area contributed by atoms with Gasteiger partial charge in [0.1, 0.15) is 11.5 Å². The molecule has 0 amide bonds. The van der Waals surface area contributed by atoms with Crippen LogP contribution in [-0.4, -0.2) is 0 Å². The van der Waals surface area contributed by atoms with Crippen molar-refractivity contribution in [3.05, 3.63) is 156 Å². The predicted octanol–water partition coefficient (Wildman–Crippen LogP) is 10.3. The molecule has 1 aliphatic carbocycles. The second-order valence-electron chi connectivity index (χ2n) is 10.5. The van der Waals surface area contributed by atoms with Gasteiger partial charge >= 0.3 is 0 Å². The minimum Gasteiger partial charge on any atom is -0.457 e. The van der Waals surface area contributed by atoms with Crippen LogP contribution in [0.25, 0.3) is 31.3 Å². The number of thiophene rings is 1. The summed E-state index contributed by atoms with van der Waals surface area (Å²) in [7, 11) is 0. The first-order valence-corrected chi connectivity index (χ1v) is 14.4. The molecule has 3 heteroatoms. The van der Waals surface area contributed by atoms with Crippen LogP contribution in [0.5, 0.6) is 11.5 Å². The topological polar surface area (TPSA) is 21.3 Å². The monoisotopic (exact) mass is 529 g/mol. The average Bonchev–Trinajstić information content (AvgIpc) is 3.53. The van der Waals surface area contributed by atoms with Crippen LogP contribution in [-0.2, 0) is 5.41 Å². The van der Waals surface area contributed by atoms with Crippen molar-refractivity contribution in [1.29, 1.82) is 0 Å². The number of para-hydroxylation sites is 1. The number of benzene rings is 6. The van der Waals surface area contributed by atoms with Gasteiger partial charge in [-0.3, -0.25) is 0 Å². The van der Waals surface area contributed by atoms with E-state index in [0.29, 0.717) is 0 Å². The number of hydrogen-bond donors (Lipinski definition) is 1. The Morgan fingerprint density at radius 3 is 1.93 bits per heavy atom. The minimum absolute atomic E-state index is 0.508. The van der Waals surface area contributed by atoms with Crippen LogP contribution in [0.15, 0.2) is 133 Å². The van der Waals surface area contributed by atoms with Crippen molar-refractivity contribution >= 4 is 42.9 Å². The first-order chi connectivity index (χ1) is 19.8. The second-order valence-corrected chi connectivity index (χ2v) is 11.6. The molecular weight excluding hydrogens is 506 g/mol. The molecule has 0 bridgehead atoms. The zero-order valence-corrected chi connectivity index (χ0v) is 22.3.